The molecule has 0 bridgehead atoms. The zero-order valence-corrected chi connectivity index (χ0v) is 13.0. The van der Waals surface area contributed by atoms with Crippen LogP contribution in [0.1, 0.15) is 6.42 Å². The van der Waals surface area contributed by atoms with Crippen molar-refractivity contribution in [3.8, 4) is 11.3 Å². The minimum Gasteiger partial charge on any atom is -0.330 e. The number of rotatable bonds is 3. The highest BCUT2D eigenvalue weighted by molar-refractivity contribution is 9.10. The maximum atomic E-state index is 12.0. The van der Waals surface area contributed by atoms with Gasteiger partial charge in [0.05, 0.1) is 5.69 Å². The summed E-state index contributed by atoms with van der Waals surface area (Å²) in [4.78, 5) is 22.4. The number of hydrogen-bond acceptors (Lipinski definition) is 4. The lowest BCUT2D eigenvalue weighted by Crippen LogP contribution is -2.27. The number of anilines is 1. The van der Waals surface area contributed by atoms with Crippen LogP contribution in [-0.4, -0.2) is 29.0 Å². The Kier molecular flexibility index (Phi) is 3.98. The first-order valence-electron chi connectivity index (χ1n) is 6.77. The van der Waals surface area contributed by atoms with Crippen LogP contribution in [0.5, 0.6) is 0 Å². The van der Waals surface area contributed by atoms with E-state index in [1.807, 2.05) is 30.3 Å². The van der Waals surface area contributed by atoms with Gasteiger partial charge in [0, 0.05) is 29.2 Å². The number of carbonyl (C=O) groups excluding carboxylic acids is 1. The van der Waals surface area contributed by atoms with Gasteiger partial charge in [-0.2, -0.15) is 0 Å². The molecule has 1 aliphatic rings. The number of amides is 1. The summed E-state index contributed by atoms with van der Waals surface area (Å²) in [7, 11) is 0. The molecule has 6 heteroatoms. The molecule has 1 fully saturated rings. The van der Waals surface area contributed by atoms with Crippen LogP contribution in [0.4, 0.5) is 5.95 Å². The van der Waals surface area contributed by atoms with Gasteiger partial charge in [0.25, 0.3) is 0 Å². The molecule has 0 radical (unpaired) electrons. The smallest absolute Gasteiger partial charge is 0.232 e. The van der Waals surface area contributed by atoms with Gasteiger partial charge in [0.2, 0.25) is 11.9 Å². The van der Waals surface area contributed by atoms with Crippen molar-refractivity contribution in [3.63, 3.8) is 0 Å². The summed E-state index contributed by atoms with van der Waals surface area (Å²) in [5.41, 5.74) is 7.44. The van der Waals surface area contributed by atoms with Gasteiger partial charge < -0.3 is 5.73 Å². The van der Waals surface area contributed by atoms with E-state index in [0.717, 1.165) is 15.7 Å². The number of halogens is 1. The summed E-state index contributed by atoms with van der Waals surface area (Å²) in [6.07, 6.45) is 2.16. The normalized spacial score (nSPS) is 18.3. The molecule has 1 aliphatic heterocycles. The zero-order chi connectivity index (χ0) is 14.8. The van der Waals surface area contributed by atoms with Gasteiger partial charge in [0.15, 0.2) is 0 Å². The average Bonchev–Trinajstić information content (AvgIpc) is 2.89. The highest BCUT2D eigenvalue weighted by Crippen LogP contribution is 2.25. The average molecular weight is 347 g/mol. The van der Waals surface area contributed by atoms with Crippen molar-refractivity contribution in [1.29, 1.82) is 0 Å². The number of aromatic nitrogens is 2. The van der Waals surface area contributed by atoms with Crippen LogP contribution >= 0.6 is 15.9 Å². The van der Waals surface area contributed by atoms with Gasteiger partial charge in [-0.25, -0.2) is 9.97 Å². The van der Waals surface area contributed by atoms with Crippen LogP contribution in [0.3, 0.4) is 0 Å². The van der Waals surface area contributed by atoms with E-state index >= 15 is 0 Å². The van der Waals surface area contributed by atoms with Gasteiger partial charge in [-0.1, -0.05) is 28.1 Å². The van der Waals surface area contributed by atoms with Crippen molar-refractivity contribution in [3.05, 3.63) is 41.0 Å². The van der Waals surface area contributed by atoms with Crippen molar-refractivity contribution in [2.45, 2.75) is 6.42 Å². The van der Waals surface area contributed by atoms with Crippen LogP contribution < -0.4 is 10.6 Å². The van der Waals surface area contributed by atoms with Gasteiger partial charge in [-0.15, -0.1) is 0 Å². The van der Waals surface area contributed by atoms with Crippen molar-refractivity contribution in [2.24, 2.45) is 11.7 Å². The van der Waals surface area contributed by atoms with E-state index in [9.17, 15) is 4.79 Å². The monoisotopic (exact) mass is 346 g/mol. The molecule has 1 amide bonds. The highest BCUT2D eigenvalue weighted by atomic mass is 79.9. The number of hydrogen-bond donors (Lipinski definition) is 1. The third-order valence-electron chi connectivity index (χ3n) is 3.56. The lowest BCUT2D eigenvalue weighted by molar-refractivity contribution is -0.117. The molecule has 5 nitrogen and oxygen atoms in total. The number of nitrogens with zero attached hydrogens (tertiary/aromatic N) is 3. The van der Waals surface area contributed by atoms with Crippen LogP contribution in [-0.2, 0) is 4.79 Å². The summed E-state index contributed by atoms with van der Waals surface area (Å²) < 4.78 is 1.01. The largest absolute Gasteiger partial charge is 0.330 e. The first kappa shape index (κ1) is 14.2. The lowest BCUT2D eigenvalue weighted by atomic mass is 10.1. The highest BCUT2D eigenvalue weighted by Gasteiger charge is 2.31. The molecule has 1 aromatic heterocycles. The summed E-state index contributed by atoms with van der Waals surface area (Å²) in [5, 5.41) is 0. The van der Waals surface area contributed by atoms with E-state index in [1.54, 1.807) is 11.1 Å². The SMILES string of the molecule is NCC1CC(=O)N(c2nccc(-c3ccc(Br)cc3)n2)C1. The summed E-state index contributed by atoms with van der Waals surface area (Å²) >= 11 is 3.41. The number of nitrogens with two attached hydrogens (primary N) is 1. The molecule has 21 heavy (non-hydrogen) atoms. The van der Waals surface area contributed by atoms with Crippen LogP contribution in [0.15, 0.2) is 41.0 Å². The fourth-order valence-corrected chi connectivity index (χ4v) is 2.66. The third-order valence-corrected chi connectivity index (χ3v) is 4.09. The van der Waals surface area contributed by atoms with E-state index in [2.05, 4.69) is 25.9 Å². The minimum absolute atomic E-state index is 0.0402. The third kappa shape index (κ3) is 2.96. The van der Waals surface area contributed by atoms with Crippen molar-refractivity contribution < 1.29 is 4.79 Å². The lowest BCUT2D eigenvalue weighted by Gasteiger charge is -2.14. The van der Waals surface area contributed by atoms with E-state index in [0.29, 0.717) is 25.5 Å². The van der Waals surface area contributed by atoms with Crippen LogP contribution in [0, 0.1) is 5.92 Å². The van der Waals surface area contributed by atoms with Crippen molar-refractivity contribution in [1.82, 2.24) is 9.97 Å². The molecule has 108 valence electrons. The molecule has 0 spiro atoms. The molecule has 1 aromatic carbocycles. The standard InChI is InChI=1S/C15H15BrN4O/c16-12-3-1-11(2-4-12)13-5-6-18-15(19-13)20-9-10(8-17)7-14(20)21/h1-6,10H,7-9,17H2. The summed E-state index contributed by atoms with van der Waals surface area (Å²) in [6.45, 7) is 1.10. The first-order valence-corrected chi connectivity index (χ1v) is 7.56. The fraction of sp³-hybridized carbons (Fsp3) is 0.267. The second-order valence-corrected chi connectivity index (χ2v) is 5.97. The molecular formula is C15H15BrN4O. The predicted molar refractivity (Wildman–Crippen MR) is 84.7 cm³/mol. The molecular weight excluding hydrogens is 332 g/mol. The Balaban J connectivity index is 1.90. The number of benzene rings is 1. The maximum absolute atomic E-state index is 12.0. The van der Waals surface area contributed by atoms with Gasteiger partial charge in [0.1, 0.15) is 0 Å². The fourth-order valence-electron chi connectivity index (χ4n) is 2.39. The number of carbonyl (C=O) groups is 1. The topological polar surface area (TPSA) is 72.1 Å². The molecule has 1 saturated heterocycles. The van der Waals surface area contributed by atoms with E-state index in [4.69, 9.17) is 5.73 Å². The quantitative estimate of drug-likeness (QED) is 0.924. The van der Waals surface area contributed by atoms with E-state index in [1.165, 1.54) is 0 Å². The van der Waals surface area contributed by atoms with E-state index in [-0.39, 0.29) is 11.8 Å². The molecule has 2 N–H and O–H groups in total. The van der Waals surface area contributed by atoms with Crippen LogP contribution in [0.2, 0.25) is 0 Å². The predicted octanol–water partition coefficient (Wildman–Crippen LogP) is 2.22. The molecule has 1 unspecified atom stereocenters. The van der Waals surface area contributed by atoms with Gasteiger partial charge in [-0.3, -0.25) is 9.69 Å². The second kappa shape index (κ2) is 5.91. The molecule has 0 saturated carbocycles. The molecule has 0 aliphatic carbocycles. The Hall–Kier alpha value is -1.79. The van der Waals surface area contributed by atoms with E-state index < -0.39 is 0 Å². The Bertz CT molecular complexity index is 659. The Morgan fingerprint density at radius 2 is 2.05 bits per heavy atom. The minimum atomic E-state index is 0.0402. The summed E-state index contributed by atoms with van der Waals surface area (Å²) in [5.74, 6) is 0.687. The first-order chi connectivity index (χ1) is 10.2. The zero-order valence-electron chi connectivity index (χ0n) is 11.4. The maximum Gasteiger partial charge on any atom is 0.232 e. The van der Waals surface area contributed by atoms with Crippen molar-refractivity contribution in [2.75, 3.05) is 18.0 Å². The van der Waals surface area contributed by atoms with Gasteiger partial charge in [-0.05, 0) is 30.7 Å². The molecule has 2 aromatic rings. The second-order valence-electron chi connectivity index (χ2n) is 5.06. The Labute approximate surface area is 131 Å². The Morgan fingerprint density at radius 1 is 1.29 bits per heavy atom. The molecule has 2 heterocycles. The molecule has 3 rings (SSSR count). The Morgan fingerprint density at radius 3 is 2.71 bits per heavy atom. The van der Waals surface area contributed by atoms with Gasteiger partial charge >= 0.3 is 0 Å². The molecule has 1 atom stereocenters. The van der Waals surface area contributed by atoms with Crippen molar-refractivity contribution >= 4 is 27.8 Å². The van der Waals surface area contributed by atoms with Crippen LogP contribution in [0.25, 0.3) is 11.3 Å². The summed E-state index contributed by atoms with van der Waals surface area (Å²) in [6, 6.07) is 9.72.